The van der Waals surface area contributed by atoms with Gasteiger partial charge in [-0.15, -0.1) is 0 Å². The van der Waals surface area contributed by atoms with Gasteiger partial charge in [-0.1, -0.05) is 18.2 Å². The number of hydrazone groups is 1. The number of nitro benzene ring substituents is 1. The van der Waals surface area contributed by atoms with Gasteiger partial charge in [-0.3, -0.25) is 19.9 Å². The first-order valence-electron chi connectivity index (χ1n) is 11.0. The summed E-state index contributed by atoms with van der Waals surface area (Å²) in [6.07, 6.45) is 2.95. The van der Waals surface area contributed by atoms with Crippen molar-refractivity contribution in [1.82, 2.24) is 10.4 Å². The van der Waals surface area contributed by atoms with Crippen molar-refractivity contribution in [1.29, 1.82) is 0 Å². The van der Waals surface area contributed by atoms with Gasteiger partial charge in [-0.2, -0.15) is 13.5 Å². The van der Waals surface area contributed by atoms with Crippen LogP contribution >= 0.6 is 15.9 Å². The van der Waals surface area contributed by atoms with E-state index in [0.717, 1.165) is 29.7 Å². The minimum absolute atomic E-state index is 0.0504. The minimum Gasteiger partial charge on any atom is -0.493 e. The van der Waals surface area contributed by atoms with E-state index >= 15 is 0 Å². The molecule has 3 aromatic carbocycles. The number of hydrogen-bond donors (Lipinski definition) is 1. The second-order valence-electron chi connectivity index (χ2n) is 7.74. The van der Waals surface area contributed by atoms with E-state index in [1.165, 1.54) is 25.5 Å². The van der Waals surface area contributed by atoms with Crippen LogP contribution in [0.2, 0.25) is 0 Å². The number of hydrogen-bond acceptors (Lipinski definition) is 10. The number of carbonyl (C=O) groups is 1. The van der Waals surface area contributed by atoms with Crippen molar-refractivity contribution >= 4 is 54.8 Å². The predicted molar refractivity (Wildman–Crippen MR) is 145 cm³/mol. The van der Waals surface area contributed by atoms with Crippen LogP contribution in [0.1, 0.15) is 5.56 Å². The zero-order valence-corrected chi connectivity index (χ0v) is 22.5. The van der Waals surface area contributed by atoms with E-state index in [1.807, 2.05) is 12.1 Å². The SMILES string of the molecule is COc1cc(/C=N\NC(=O)COc2cccc3cccnc23)cc(Br)c1OS(=O)(=O)c1ccc([N+](=O)[O-])cc1. The van der Waals surface area contributed by atoms with Gasteiger partial charge < -0.3 is 13.7 Å². The number of non-ortho nitro benzene ring substituents is 1. The first-order valence-corrected chi connectivity index (χ1v) is 13.2. The molecule has 4 aromatic rings. The molecule has 14 heteroatoms. The Balaban J connectivity index is 1.42. The van der Waals surface area contributed by atoms with Crippen LogP contribution in [0.5, 0.6) is 17.2 Å². The summed E-state index contributed by atoms with van der Waals surface area (Å²) in [5, 5.41) is 15.6. The summed E-state index contributed by atoms with van der Waals surface area (Å²) in [6, 6.07) is 16.3. The number of rotatable bonds is 10. The van der Waals surface area contributed by atoms with E-state index in [0.29, 0.717) is 16.8 Å². The lowest BCUT2D eigenvalue weighted by Gasteiger charge is -2.13. The number of carbonyl (C=O) groups excluding carboxylic acids is 1. The monoisotopic (exact) mass is 614 g/mol. The van der Waals surface area contributed by atoms with Gasteiger partial charge in [0, 0.05) is 23.7 Å². The molecule has 0 bridgehead atoms. The molecule has 0 saturated carbocycles. The number of nitrogens with zero attached hydrogens (tertiary/aromatic N) is 3. The van der Waals surface area contributed by atoms with Gasteiger partial charge in [0.15, 0.2) is 18.1 Å². The fourth-order valence-electron chi connectivity index (χ4n) is 3.33. The number of methoxy groups -OCH3 is 1. The molecule has 1 N–H and O–H groups in total. The molecule has 0 fully saturated rings. The lowest BCUT2D eigenvalue weighted by atomic mass is 10.2. The zero-order valence-electron chi connectivity index (χ0n) is 20.1. The lowest BCUT2D eigenvalue weighted by molar-refractivity contribution is -0.384. The predicted octanol–water partition coefficient (Wildman–Crippen LogP) is 4.21. The quantitative estimate of drug-likeness (QED) is 0.119. The maximum absolute atomic E-state index is 12.7. The van der Waals surface area contributed by atoms with E-state index in [-0.39, 0.29) is 33.2 Å². The molecule has 4 rings (SSSR count). The molecule has 1 heterocycles. The number of amides is 1. The maximum atomic E-state index is 12.7. The number of nitro groups is 1. The average molecular weight is 615 g/mol. The summed E-state index contributed by atoms with van der Waals surface area (Å²) in [4.78, 5) is 26.4. The van der Waals surface area contributed by atoms with Crippen LogP contribution in [-0.2, 0) is 14.9 Å². The molecule has 12 nitrogen and oxygen atoms in total. The molecule has 1 amide bonds. The van der Waals surface area contributed by atoms with Crippen molar-refractivity contribution in [3.05, 3.63) is 93.1 Å². The lowest BCUT2D eigenvalue weighted by Crippen LogP contribution is -2.24. The van der Waals surface area contributed by atoms with E-state index in [1.54, 1.807) is 24.4 Å². The molecule has 0 saturated heterocycles. The van der Waals surface area contributed by atoms with Crippen LogP contribution in [0.25, 0.3) is 10.9 Å². The Morgan fingerprint density at radius 2 is 1.87 bits per heavy atom. The van der Waals surface area contributed by atoms with Gasteiger partial charge >= 0.3 is 10.1 Å². The number of nitrogens with one attached hydrogen (secondary N) is 1. The van der Waals surface area contributed by atoms with Crippen molar-refractivity contribution < 1.29 is 31.8 Å². The second kappa shape index (κ2) is 11.9. The summed E-state index contributed by atoms with van der Waals surface area (Å²) in [5.74, 6) is -0.150. The number of pyridine rings is 1. The third kappa shape index (κ3) is 6.66. The number of fused-ring (bicyclic) bond motifs is 1. The molecule has 0 unspecified atom stereocenters. The number of para-hydroxylation sites is 1. The highest BCUT2D eigenvalue weighted by Gasteiger charge is 2.23. The molecular formula is C25H19BrN4O8S. The molecule has 0 aliphatic carbocycles. The third-order valence-electron chi connectivity index (χ3n) is 5.14. The van der Waals surface area contributed by atoms with Crippen LogP contribution in [-0.4, -0.2) is 44.2 Å². The van der Waals surface area contributed by atoms with Crippen molar-refractivity contribution in [3.63, 3.8) is 0 Å². The Bertz CT molecular complexity index is 1670. The topological polar surface area (TPSA) is 159 Å². The van der Waals surface area contributed by atoms with E-state index in [4.69, 9.17) is 13.7 Å². The highest BCUT2D eigenvalue weighted by Crippen LogP contribution is 2.38. The van der Waals surface area contributed by atoms with E-state index in [9.17, 15) is 23.3 Å². The number of benzene rings is 3. The number of halogens is 1. The summed E-state index contributed by atoms with van der Waals surface area (Å²) in [6.45, 7) is -0.298. The van der Waals surface area contributed by atoms with Crippen molar-refractivity contribution in [2.24, 2.45) is 5.10 Å². The highest BCUT2D eigenvalue weighted by atomic mass is 79.9. The van der Waals surface area contributed by atoms with Crippen LogP contribution < -0.4 is 19.1 Å². The molecule has 0 aliphatic heterocycles. The van der Waals surface area contributed by atoms with Crippen LogP contribution in [0.15, 0.2) is 87.4 Å². The van der Waals surface area contributed by atoms with Gasteiger partial charge in [0.05, 0.1) is 22.7 Å². The van der Waals surface area contributed by atoms with Gasteiger partial charge in [-0.25, -0.2) is 5.43 Å². The highest BCUT2D eigenvalue weighted by molar-refractivity contribution is 9.10. The zero-order chi connectivity index (χ0) is 28.0. The van der Waals surface area contributed by atoms with Crippen molar-refractivity contribution in [3.8, 4) is 17.2 Å². The number of ether oxygens (including phenoxy) is 2. The summed E-state index contributed by atoms with van der Waals surface area (Å²) in [5.41, 5.74) is 3.16. The molecule has 0 atom stereocenters. The molecule has 200 valence electrons. The van der Waals surface area contributed by atoms with Crippen molar-refractivity contribution in [2.75, 3.05) is 13.7 Å². The largest absolute Gasteiger partial charge is 0.493 e. The molecule has 0 radical (unpaired) electrons. The van der Waals surface area contributed by atoms with E-state index in [2.05, 4.69) is 31.4 Å². The summed E-state index contributed by atoms with van der Waals surface area (Å²) < 4.78 is 41.7. The Hall–Kier alpha value is -4.56. The van der Waals surface area contributed by atoms with Gasteiger partial charge in [0.1, 0.15) is 16.2 Å². The van der Waals surface area contributed by atoms with Gasteiger partial charge in [0.25, 0.3) is 11.6 Å². The Morgan fingerprint density at radius 1 is 1.13 bits per heavy atom. The molecule has 0 spiro atoms. The smallest absolute Gasteiger partial charge is 0.339 e. The normalized spacial score (nSPS) is 11.3. The number of aromatic nitrogens is 1. The minimum atomic E-state index is -4.34. The van der Waals surface area contributed by atoms with Crippen LogP contribution in [0.3, 0.4) is 0 Å². The van der Waals surface area contributed by atoms with Crippen LogP contribution in [0, 0.1) is 10.1 Å². The standard InChI is InChI=1S/C25H19BrN4O8S/c1-36-22-13-16(12-20(26)25(22)38-39(34,35)19-9-7-18(8-10-19)30(32)33)14-28-29-23(31)15-37-21-6-2-4-17-5-3-11-27-24(17)21/h2-14H,15H2,1H3,(H,29,31)/b28-14-. The molecule has 1 aromatic heterocycles. The maximum Gasteiger partial charge on any atom is 0.339 e. The van der Waals surface area contributed by atoms with Crippen LogP contribution in [0.4, 0.5) is 5.69 Å². The fraction of sp³-hybridized carbons (Fsp3) is 0.0800. The summed E-state index contributed by atoms with van der Waals surface area (Å²) in [7, 11) is -3.02. The Kier molecular flexibility index (Phi) is 8.36. The first kappa shape index (κ1) is 27.5. The molecular weight excluding hydrogens is 596 g/mol. The first-order chi connectivity index (χ1) is 18.7. The van der Waals surface area contributed by atoms with Gasteiger partial charge in [0.2, 0.25) is 0 Å². The van der Waals surface area contributed by atoms with Gasteiger partial charge in [-0.05, 0) is 57.9 Å². The molecule has 39 heavy (non-hydrogen) atoms. The summed E-state index contributed by atoms with van der Waals surface area (Å²) >= 11 is 3.25. The third-order valence-corrected chi connectivity index (χ3v) is 6.96. The average Bonchev–Trinajstić information content (AvgIpc) is 2.93. The van der Waals surface area contributed by atoms with E-state index < -0.39 is 20.9 Å². The second-order valence-corrected chi connectivity index (χ2v) is 10.1. The Labute approximate surface area is 230 Å². The fourth-order valence-corrected chi connectivity index (χ4v) is 4.94. The molecule has 0 aliphatic rings. The Morgan fingerprint density at radius 3 is 2.59 bits per heavy atom. The van der Waals surface area contributed by atoms with Crippen molar-refractivity contribution in [2.45, 2.75) is 4.90 Å².